The van der Waals surface area contributed by atoms with E-state index in [4.69, 9.17) is 4.74 Å². The zero-order chi connectivity index (χ0) is 25.4. The molecule has 7 nitrogen and oxygen atoms in total. The third-order valence-corrected chi connectivity index (χ3v) is 7.16. The van der Waals surface area contributed by atoms with E-state index in [0.717, 1.165) is 30.0 Å². The second kappa shape index (κ2) is 9.15. The first-order chi connectivity index (χ1) is 16.4. The Morgan fingerprint density at radius 1 is 1.17 bits per heavy atom. The lowest BCUT2D eigenvalue weighted by Crippen LogP contribution is -2.48. The molecule has 14 heteroatoms. The third-order valence-electron chi connectivity index (χ3n) is 5.22. The molecule has 2 aromatic carbocycles. The number of hydrogen-bond donors (Lipinski definition) is 1. The Labute approximate surface area is 200 Å². The normalized spacial score (nSPS) is 22.3. The molecular weight excluding hydrogens is 519 g/mol. The lowest BCUT2D eigenvalue weighted by molar-refractivity contribution is -0.0588. The highest BCUT2D eigenvalue weighted by atomic mass is 32.2. The van der Waals surface area contributed by atoms with Gasteiger partial charge in [0.05, 0.1) is 0 Å². The quantitative estimate of drug-likeness (QED) is 0.362. The Morgan fingerprint density at radius 3 is 2.54 bits per heavy atom. The van der Waals surface area contributed by atoms with E-state index in [1.165, 1.54) is 0 Å². The van der Waals surface area contributed by atoms with Gasteiger partial charge >= 0.3 is 15.6 Å². The predicted molar refractivity (Wildman–Crippen MR) is 115 cm³/mol. The maximum absolute atomic E-state index is 14.8. The Hall–Kier alpha value is -3.13. The van der Waals surface area contributed by atoms with Crippen molar-refractivity contribution >= 4 is 33.0 Å². The summed E-state index contributed by atoms with van der Waals surface area (Å²) in [5.41, 5.74) is -7.20. The number of benzene rings is 2. The summed E-state index contributed by atoms with van der Waals surface area (Å²) in [6.45, 7) is -0.648. The second-order valence-electron chi connectivity index (χ2n) is 7.46. The molecule has 0 spiro atoms. The molecule has 0 bridgehead atoms. The molecule has 0 fully saturated rings. The standard InChI is InChI=1S/C21H15F5N2O5S2/c22-14-6-7-15(16(23)9-14)20-11-32-17(33-35(30,31)21(24,25)26)8-13(20)10-34-19(28-20)27-18(29)12-4-2-1-3-5-12/h1-9,13H,10-11H2,(H,27,28,29)/t13-,20-/m0/s1. The fraction of sp³-hybridized carbons (Fsp3) is 0.238. The Morgan fingerprint density at radius 2 is 1.89 bits per heavy atom. The molecule has 4 rings (SSSR count). The molecular formula is C21H15F5N2O5S2. The van der Waals surface area contributed by atoms with Crippen molar-refractivity contribution in [2.45, 2.75) is 11.0 Å². The maximum Gasteiger partial charge on any atom is 0.534 e. The van der Waals surface area contributed by atoms with Gasteiger partial charge in [0.1, 0.15) is 23.8 Å². The van der Waals surface area contributed by atoms with Gasteiger partial charge in [0, 0.05) is 34.9 Å². The molecule has 0 aliphatic carbocycles. The van der Waals surface area contributed by atoms with Crippen molar-refractivity contribution in [3.63, 3.8) is 0 Å². The summed E-state index contributed by atoms with van der Waals surface area (Å²) in [5, 5.41) is 2.65. The number of carbonyl (C=O) groups is 1. The van der Waals surface area contributed by atoms with Gasteiger partial charge in [0.25, 0.3) is 11.9 Å². The molecule has 0 aromatic heterocycles. The molecule has 186 valence electrons. The first kappa shape index (κ1) is 25.0. The number of alkyl halides is 3. The van der Waals surface area contributed by atoms with E-state index in [0.29, 0.717) is 11.6 Å². The van der Waals surface area contributed by atoms with Gasteiger partial charge in [-0.3, -0.25) is 4.79 Å². The first-order valence-corrected chi connectivity index (χ1v) is 12.2. The number of aliphatic imine (C=N–C) groups is 1. The number of thioether (sulfide) groups is 1. The number of fused-ring (bicyclic) bond motifs is 1. The zero-order valence-corrected chi connectivity index (χ0v) is 19.0. The SMILES string of the molecule is O=C(NC1=N[C@@]2(c3ccc(F)cc3F)COC(OS(=O)(=O)C(F)(F)F)=C[C@H]2CS1)c1ccccc1. The summed E-state index contributed by atoms with van der Waals surface area (Å²) in [6, 6.07) is 10.8. The van der Waals surface area contributed by atoms with Crippen LogP contribution in [0.3, 0.4) is 0 Å². The Balaban J connectivity index is 1.72. The number of nitrogens with zero attached hydrogens (tertiary/aromatic N) is 1. The highest BCUT2D eigenvalue weighted by Gasteiger charge is 2.52. The summed E-state index contributed by atoms with van der Waals surface area (Å²) in [5.74, 6) is -4.26. The second-order valence-corrected chi connectivity index (χ2v) is 10.0. The van der Waals surface area contributed by atoms with E-state index in [2.05, 4.69) is 14.5 Å². The van der Waals surface area contributed by atoms with Crippen molar-refractivity contribution in [2.75, 3.05) is 12.4 Å². The van der Waals surface area contributed by atoms with Gasteiger partial charge in [-0.2, -0.15) is 21.6 Å². The zero-order valence-electron chi connectivity index (χ0n) is 17.4. The average molecular weight is 534 g/mol. The van der Waals surface area contributed by atoms with E-state index < -0.39 is 57.2 Å². The number of nitrogens with one attached hydrogen (secondary N) is 1. The Bertz CT molecular complexity index is 1320. The van der Waals surface area contributed by atoms with Gasteiger partial charge in [0.2, 0.25) is 0 Å². The molecule has 2 aliphatic rings. The summed E-state index contributed by atoms with van der Waals surface area (Å²) in [6.07, 6.45) is 0.946. The average Bonchev–Trinajstić information content (AvgIpc) is 2.78. The molecule has 2 aromatic rings. The number of rotatable bonds is 4. The van der Waals surface area contributed by atoms with Crippen LogP contribution in [-0.4, -0.2) is 37.4 Å². The summed E-state index contributed by atoms with van der Waals surface area (Å²) in [7, 11) is -6.01. The molecule has 2 heterocycles. The number of amides is 1. The molecule has 1 amide bonds. The smallest absolute Gasteiger partial charge is 0.462 e. The van der Waals surface area contributed by atoms with Crippen LogP contribution in [-0.2, 0) is 24.6 Å². The van der Waals surface area contributed by atoms with Gasteiger partial charge < -0.3 is 14.2 Å². The van der Waals surface area contributed by atoms with Gasteiger partial charge in [-0.25, -0.2) is 13.8 Å². The predicted octanol–water partition coefficient (Wildman–Crippen LogP) is 4.05. The summed E-state index contributed by atoms with van der Waals surface area (Å²) in [4.78, 5) is 17.0. The number of hydrogen-bond acceptors (Lipinski definition) is 7. The monoisotopic (exact) mass is 534 g/mol. The molecule has 0 unspecified atom stereocenters. The van der Waals surface area contributed by atoms with E-state index in [1.807, 2.05) is 0 Å². The van der Waals surface area contributed by atoms with Crippen molar-refractivity contribution in [3.05, 3.63) is 83.3 Å². The van der Waals surface area contributed by atoms with Crippen molar-refractivity contribution in [1.82, 2.24) is 5.32 Å². The molecule has 0 saturated carbocycles. The summed E-state index contributed by atoms with van der Waals surface area (Å²) < 4.78 is 98.5. The number of carbonyl (C=O) groups excluding carboxylic acids is 1. The van der Waals surface area contributed by atoms with Crippen LogP contribution in [0.1, 0.15) is 15.9 Å². The van der Waals surface area contributed by atoms with E-state index in [9.17, 15) is 35.2 Å². The van der Waals surface area contributed by atoms with Gasteiger partial charge in [-0.1, -0.05) is 36.0 Å². The van der Waals surface area contributed by atoms with Crippen LogP contribution in [0.2, 0.25) is 0 Å². The van der Waals surface area contributed by atoms with Crippen LogP contribution in [0.4, 0.5) is 22.0 Å². The molecule has 0 radical (unpaired) electrons. The maximum atomic E-state index is 14.8. The van der Waals surface area contributed by atoms with Crippen LogP contribution >= 0.6 is 11.8 Å². The van der Waals surface area contributed by atoms with E-state index >= 15 is 0 Å². The highest BCUT2D eigenvalue weighted by molar-refractivity contribution is 8.13. The summed E-state index contributed by atoms with van der Waals surface area (Å²) >= 11 is 0.994. The van der Waals surface area contributed by atoms with Gasteiger partial charge in [-0.15, -0.1) is 0 Å². The topological polar surface area (TPSA) is 94.1 Å². The minimum Gasteiger partial charge on any atom is -0.462 e. The number of ether oxygens (including phenoxy) is 1. The van der Waals surface area contributed by atoms with Crippen LogP contribution in [0, 0.1) is 17.6 Å². The fourth-order valence-corrected chi connectivity index (χ4v) is 5.05. The fourth-order valence-electron chi connectivity index (χ4n) is 3.53. The number of halogens is 5. The van der Waals surface area contributed by atoms with Crippen LogP contribution in [0.5, 0.6) is 0 Å². The van der Waals surface area contributed by atoms with Gasteiger partial charge in [-0.05, 0) is 18.2 Å². The van der Waals surface area contributed by atoms with Crippen LogP contribution < -0.4 is 5.32 Å². The van der Waals surface area contributed by atoms with Crippen molar-refractivity contribution < 1.29 is 44.1 Å². The molecule has 2 atom stereocenters. The van der Waals surface area contributed by atoms with Crippen molar-refractivity contribution in [2.24, 2.45) is 10.9 Å². The largest absolute Gasteiger partial charge is 0.534 e. The Kier molecular flexibility index (Phi) is 6.53. The van der Waals surface area contributed by atoms with Crippen LogP contribution in [0.25, 0.3) is 0 Å². The third kappa shape index (κ3) is 4.98. The van der Waals surface area contributed by atoms with Crippen molar-refractivity contribution in [1.29, 1.82) is 0 Å². The number of amidine groups is 1. The lowest BCUT2D eigenvalue weighted by Gasteiger charge is -2.42. The lowest BCUT2D eigenvalue weighted by atomic mass is 9.78. The minimum absolute atomic E-state index is 0.0208. The molecule has 35 heavy (non-hydrogen) atoms. The highest BCUT2D eigenvalue weighted by Crippen LogP contribution is 2.46. The van der Waals surface area contributed by atoms with Gasteiger partial charge in [0.15, 0.2) is 5.17 Å². The first-order valence-electron chi connectivity index (χ1n) is 9.81. The van der Waals surface area contributed by atoms with Crippen molar-refractivity contribution in [3.8, 4) is 0 Å². The molecule has 1 N–H and O–H groups in total. The molecule has 2 aliphatic heterocycles. The minimum atomic E-state index is -6.01. The van der Waals surface area contributed by atoms with E-state index in [1.54, 1.807) is 30.3 Å². The van der Waals surface area contributed by atoms with Crippen LogP contribution in [0.15, 0.2) is 65.5 Å². The van der Waals surface area contributed by atoms with E-state index in [-0.39, 0.29) is 16.5 Å². The molecule has 0 saturated heterocycles.